The summed E-state index contributed by atoms with van der Waals surface area (Å²) in [6.07, 6.45) is 7.29. The highest BCUT2D eigenvalue weighted by Crippen LogP contribution is 2.31. The molecule has 0 unspecified atom stereocenters. The zero-order valence-electron chi connectivity index (χ0n) is 14.6. The van der Waals surface area contributed by atoms with Crippen LogP contribution in [0.5, 0.6) is 0 Å². The van der Waals surface area contributed by atoms with Gasteiger partial charge in [0, 0.05) is 43.3 Å². The minimum atomic E-state index is 0. The smallest absolute Gasteiger partial charge is 0.262 e. The first-order valence-electron chi connectivity index (χ1n) is 8.61. The Morgan fingerprint density at radius 3 is 3.08 bits per heavy atom. The van der Waals surface area contributed by atoms with Crippen molar-refractivity contribution < 1.29 is 4.79 Å². The van der Waals surface area contributed by atoms with E-state index in [0.717, 1.165) is 53.4 Å². The van der Waals surface area contributed by atoms with E-state index >= 15 is 0 Å². The topological polar surface area (TPSA) is 91.1 Å². The van der Waals surface area contributed by atoms with Gasteiger partial charge < -0.3 is 20.5 Å². The fourth-order valence-corrected chi connectivity index (χ4v) is 4.42. The molecule has 7 nitrogen and oxygen atoms in total. The molecule has 4 rings (SSSR count). The van der Waals surface area contributed by atoms with Crippen molar-refractivity contribution in [2.75, 3.05) is 23.7 Å². The molecule has 2 aromatic heterocycles. The van der Waals surface area contributed by atoms with E-state index in [4.69, 9.17) is 5.73 Å². The van der Waals surface area contributed by atoms with E-state index in [9.17, 15) is 4.79 Å². The molecule has 0 aliphatic carbocycles. The molecule has 0 radical (unpaired) electrons. The molecular formula is C17H23ClN6OS. The number of carbonyl (C=O) groups excluding carboxylic acids is 1. The minimum Gasteiger partial charge on any atom is -0.346 e. The average Bonchev–Trinajstić information content (AvgIpc) is 3.12. The monoisotopic (exact) mass is 394 g/mol. The van der Waals surface area contributed by atoms with Crippen LogP contribution in [-0.2, 0) is 4.79 Å². The Morgan fingerprint density at radius 2 is 2.23 bits per heavy atom. The number of anilines is 1. The third kappa shape index (κ3) is 3.41. The zero-order chi connectivity index (χ0) is 17.4. The van der Waals surface area contributed by atoms with Crippen molar-refractivity contribution in [3.63, 3.8) is 0 Å². The maximum Gasteiger partial charge on any atom is 0.262 e. The van der Waals surface area contributed by atoms with Crippen molar-refractivity contribution in [1.82, 2.24) is 19.9 Å². The number of hydrogen-bond acceptors (Lipinski definition) is 6. The standard InChI is InChI=1S/C17H22N6OS.ClH/c1-11-13(18)3-2-6-23(11)17(24)14-9-22(7-8-25-14)16-12-4-5-19-15(12)20-10-21-16;/h4-5,9-11,13H,2-3,6-8,18H2,1H3,(H,19,20,21);1H/t11-,13+;/m0./s1. The first-order valence-corrected chi connectivity index (χ1v) is 9.59. The maximum atomic E-state index is 13.0. The lowest BCUT2D eigenvalue weighted by molar-refractivity contribution is -0.129. The maximum absolute atomic E-state index is 13.0. The number of rotatable bonds is 2. The zero-order valence-corrected chi connectivity index (χ0v) is 16.2. The van der Waals surface area contributed by atoms with E-state index in [0.29, 0.717) is 0 Å². The second-order valence-corrected chi connectivity index (χ2v) is 7.65. The molecular weight excluding hydrogens is 372 g/mol. The lowest BCUT2D eigenvalue weighted by atomic mass is 9.98. The quantitative estimate of drug-likeness (QED) is 0.810. The number of halogens is 1. The van der Waals surface area contributed by atoms with Crippen LogP contribution in [0.25, 0.3) is 11.0 Å². The van der Waals surface area contributed by atoms with Gasteiger partial charge in [0.1, 0.15) is 17.8 Å². The van der Waals surface area contributed by atoms with Crippen LogP contribution in [0.3, 0.4) is 0 Å². The summed E-state index contributed by atoms with van der Waals surface area (Å²) in [7, 11) is 0. The van der Waals surface area contributed by atoms with Gasteiger partial charge in [-0.1, -0.05) is 0 Å². The van der Waals surface area contributed by atoms with Crippen LogP contribution in [0.15, 0.2) is 29.7 Å². The van der Waals surface area contributed by atoms with Crippen LogP contribution in [0.1, 0.15) is 19.8 Å². The lowest BCUT2D eigenvalue weighted by Gasteiger charge is -2.38. The second-order valence-electron chi connectivity index (χ2n) is 6.52. The van der Waals surface area contributed by atoms with Crippen molar-refractivity contribution >= 4 is 46.9 Å². The summed E-state index contributed by atoms with van der Waals surface area (Å²) in [6.45, 7) is 3.64. The van der Waals surface area contributed by atoms with Crippen LogP contribution in [0.4, 0.5) is 5.82 Å². The van der Waals surface area contributed by atoms with Crippen molar-refractivity contribution in [2.45, 2.75) is 31.8 Å². The Hall–Kier alpha value is -1.77. The van der Waals surface area contributed by atoms with Gasteiger partial charge in [-0.2, -0.15) is 0 Å². The van der Waals surface area contributed by atoms with E-state index in [1.165, 1.54) is 0 Å². The number of likely N-dealkylation sites (tertiary alicyclic amines) is 1. The molecule has 2 aliphatic rings. The van der Waals surface area contributed by atoms with Crippen molar-refractivity contribution in [1.29, 1.82) is 0 Å². The highest BCUT2D eigenvalue weighted by Gasteiger charge is 2.32. The number of piperidine rings is 1. The van der Waals surface area contributed by atoms with E-state index in [2.05, 4.69) is 19.9 Å². The number of H-pyrrole nitrogens is 1. The molecule has 2 atom stereocenters. The normalized spacial score (nSPS) is 23.5. The molecule has 1 saturated heterocycles. The SMILES string of the molecule is C[C@H]1[C@H](N)CCCN1C(=O)C1=CN(c2ncnc3[nH]ccc23)CCS1.Cl. The number of aromatic nitrogens is 3. The number of nitrogens with zero attached hydrogens (tertiary/aromatic N) is 4. The summed E-state index contributed by atoms with van der Waals surface area (Å²) >= 11 is 1.61. The summed E-state index contributed by atoms with van der Waals surface area (Å²) in [5.74, 6) is 1.76. The molecule has 4 heterocycles. The highest BCUT2D eigenvalue weighted by atomic mass is 35.5. The summed E-state index contributed by atoms with van der Waals surface area (Å²) in [5.41, 5.74) is 6.96. The molecule has 0 spiro atoms. The van der Waals surface area contributed by atoms with Crippen molar-refractivity contribution in [3.05, 3.63) is 29.7 Å². The Balaban J connectivity index is 0.00000196. The summed E-state index contributed by atoms with van der Waals surface area (Å²) in [5, 5.41) is 0.964. The number of aromatic amines is 1. The van der Waals surface area contributed by atoms with Crippen LogP contribution in [-0.4, -0.2) is 56.7 Å². The minimum absolute atomic E-state index is 0. The second kappa shape index (κ2) is 7.85. The van der Waals surface area contributed by atoms with Crippen LogP contribution >= 0.6 is 24.2 Å². The van der Waals surface area contributed by atoms with E-state index in [1.54, 1.807) is 18.1 Å². The molecule has 26 heavy (non-hydrogen) atoms. The summed E-state index contributed by atoms with van der Waals surface area (Å²) in [4.78, 5) is 29.5. The summed E-state index contributed by atoms with van der Waals surface area (Å²) < 4.78 is 0. The fraction of sp³-hybridized carbons (Fsp3) is 0.471. The Kier molecular flexibility index (Phi) is 5.74. The van der Waals surface area contributed by atoms with Crippen molar-refractivity contribution in [2.24, 2.45) is 5.73 Å². The first kappa shape index (κ1) is 19.0. The number of carbonyl (C=O) groups is 1. The lowest BCUT2D eigenvalue weighted by Crippen LogP contribution is -2.53. The third-order valence-corrected chi connectivity index (χ3v) is 5.96. The number of nitrogens with one attached hydrogen (secondary N) is 1. The fourth-order valence-electron chi connectivity index (χ4n) is 3.47. The molecule has 9 heteroatoms. The molecule has 0 aromatic carbocycles. The number of amides is 1. The Morgan fingerprint density at radius 1 is 1.38 bits per heavy atom. The highest BCUT2D eigenvalue weighted by molar-refractivity contribution is 8.04. The van der Waals surface area contributed by atoms with E-state index in [-0.39, 0.29) is 30.4 Å². The molecule has 1 fully saturated rings. The molecule has 140 valence electrons. The van der Waals surface area contributed by atoms with E-state index < -0.39 is 0 Å². The molecule has 0 saturated carbocycles. The Bertz CT molecular complexity index is 824. The van der Waals surface area contributed by atoms with Gasteiger partial charge in [-0.05, 0) is 25.8 Å². The van der Waals surface area contributed by atoms with Gasteiger partial charge in [-0.25, -0.2) is 9.97 Å². The molecule has 2 aliphatic heterocycles. The van der Waals surface area contributed by atoms with Gasteiger partial charge >= 0.3 is 0 Å². The molecule has 1 amide bonds. The molecule has 2 aromatic rings. The van der Waals surface area contributed by atoms with Gasteiger partial charge in [0.15, 0.2) is 0 Å². The number of hydrogen-bond donors (Lipinski definition) is 2. The van der Waals surface area contributed by atoms with Crippen LogP contribution < -0.4 is 10.6 Å². The molecule has 3 N–H and O–H groups in total. The van der Waals surface area contributed by atoms with Gasteiger partial charge in [0.25, 0.3) is 5.91 Å². The van der Waals surface area contributed by atoms with Gasteiger partial charge in [0.2, 0.25) is 0 Å². The Labute approximate surface area is 162 Å². The largest absolute Gasteiger partial charge is 0.346 e. The van der Waals surface area contributed by atoms with Gasteiger partial charge in [-0.3, -0.25) is 4.79 Å². The van der Waals surface area contributed by atoms with Crippen molar-refractivity contribution in [3.8, 4) is 0 Å². The number of fused-ring (bicyclic) bond motifs is 1. The first-order chi connectivity index (χ1) is 12.1. The van der Waals surface area contributed by atoms with Crippen LogP contribution in [0, 0.1) is 0 Å². The average molecular weight is 395 g/mol. The predicted octanol–water partition coefficient (Wildman–Crippen LogP) is 2.11. The summed E-state index contributed by atoms with van der Waals surface area (Å²) in [6, 6.07) is 2.10. The van der Waals surface area contributed by atoms with Gasteiger partial charge in [0.05, 0.1) is 10.3 Å². The van der Waals surface area contributed by atoms with Gasteiger partial charge in [-0.15, -0.1) is 24.2 Å². The predicted molar refractivity (Wildman–Crippen MR) is 107 cm³/mol. The molecule has 0 bridgehead atoms. The van der Waals surface area contributed by atoms with E-state index in [1.807, 2.05) is 30.3 Å². The third-order valence-electron chi connectivity index (χ3n) is 4.99. The number of nitrogens with two attached hydrogens (primary N) is 1. The van der Waals surface area contributed by atoms with Crippen LogP contribution in [0.2, 0.25) is 0 Å². The number of thioether (sulfide) groups is 1.